The van der Waals surface area contributed by atoms with Crippen LogP contribution in [-0.4, -0.2) is 38.5 Å². The van der Waals surface area contributed by atoms with Crippen molar-refractivity contribution in [2.24, 2.45) is 0 Å². The summed E-state index contributed by atoms with van der Waals surface area (Å²) in [5.74, 6) is 2.94. The van der Waals surface area contributed by atoms with Crippen LogP contribution in [0.2, 0.25) is 0 Å². The summed E-state index contributed by atoms with van der Waals surface area (Å²) < 4.78 is 2.14. The summed E-state index contributed by atoms with van der Waals surface area (Å²) in [6.07, 6.45) is 3.06. The number of nitrogens with zero attached hydrogens (tertiary/aromatic N) is 4. The Kier molecular flexibility index (Phi) is 4.18. The van der Waals surface area contributed by atoms with Crippen molar-refractivity contribution in [1.82, 2.24) is 25.0 Å². The van der Waals surface area contributed by atoms with Gasteiger partial charge in [-0.1, -0.05) is 18.2 Å². The lowest BCUT2D eigenvalue weighted by molar-refractivity contribution is 0.200. The molecule has 1 aromatic carbocycles. The summed E-state index contributed by atoms with van der Waals surface area (Å²) in [5.41, 5.74) is 1.22. The third kappa shape index (κ3) is 2.88. The number of thioether (sulfide) groups is 1. The van der Waals surface area contributed by atoms with Crippen LogP contribution in [0.3, 0.4) is 0 Å². The van der Waals surface area contributed by atoms with E-state index in [0.29, 0.717) is 6.54 Å². The highest BCUT2D eigenvalue weighted by molar-refractivity contribution is 7.99. The van der Waals surface area contributed by atoms with E-state index in [0.717, 1.165) is 43.2 Å². The Labute approximate surface area is 145 Å². The molecule has 0 spiro atoms. The molecule has 0 saturated carbocycles. The number of benzene rings is 1. The molecular weight excluding hydrogens is 322 g/mol. The fraction of sp³-hybridized carbons (Fsp3) is 0.471. The van der Waals surface area contributed by atoms with Crippen LogP contribution in [0, 0.1) is 0 Å². The lowest BCUT2D eigenvalue weighted by Gasteiger charge is -2.28. The van der Waals surface area contributed by atoms with Gasteiger partial charge < -0.3 is 14.8 Å². The fourth-order valence-electron chi connectivity index (χ4n) is 3.36. The third-order valence-corrected chi connectivity index (χ3v) is 5.79. The van der Waals surface area contributed by atoms with Crippen LogP contribution in [0.15, 0.2) is 29.2 Å². The summed E-state index contributed by atoms with van der Waals surface area (Å²) in [6.45, 7) is 1.45. The number of fused-ring (bicyclic) bond motifs is 2. The number of aromatic nitrogens is 3. The minimum Gasteiger partial charge on any atom is -0.331 e. The van der Waals surface area contributed by atoms with E-state index in [-0.39, 0.29) is 12.1 Å². The highest BCUT2D eigenvalue weighted by atomic mass is 32.2. The van der Waals surface area contributed by atoms with E-state index in [4.69, 9.17) is 0 Å². The van der Waals surface area contributed by atoms with E-state index in [1.54, 1.807) is 4.90 Å². The molecule has 0 radical (unpaired) electrons. The SMILES string of the molecule is CN(Cc1nnc2n1CCC2)C(=O)N[C@@H]1CCSc2ccccc21. The first-order valence-electron chi connectivity index (χ1n) is 8.36. The van der Waals surface area contributed by atoms with Gasteiger partial charge in [-0.25, -0.2) is 4.79 Å². The van der Waals surface area contributed by atoms with Gasteiger partial charge in [0, 0.05) is 30.7 Å². The van der Waals surface area contributed by atoms with Crippen LogP contribution in [0.1, 0.15) is 36.1 Å². The zero-order valence-corrected chi connectivity index (χ0v) is 14.6. The van der Waals surface area contributed by atoms with Gasteiger partial charge in [0.2, 0.25) is 0 Å². The Balaban J connectivity index is 1.43. The average Bonchev–Trinajstić information content (AvgIpc) is 3.20. The smallest absolute Gasteiger partial charge is 0.318 e. The largest absolute Gasteiger partial charge is 0.331 e. The molecule has 1 atom stereocenters. The molecule has 6 nitrogen and oxygen atoms in total. The quantitative estimate of drug-likeness (QED) is 0.930. The molecule has 0 fully saturated rings. The highest BCUT2D eigenvalue weighted by Crippen LogP contribution is 2.35. The van der Waals surface area contributed by atoms with Crippen molar-refractivity contribution in [2.45, 2.75) is 43.3 Å². The summed E-state index contributed by atoms with van der Waals surface area (Å²) in [7, 11) is 1.81. The van der Waals surface area contributed by atoms with Crippen molar-refractivity contribution < 1.29 is 4.79 Å². The van der Waals surface area contributed by atoms with Gasteiger partial charge in [0.05, 0.1) is 12.6 Å². The second-order valence-corrected chi connectivity index (χ2v) is 7.46. The van der Waals surface area contributed by atoms with Crippen molar-refractivity contribution in [3.63, 3.8) is 0 Å². The van der Waals surface area contributed by atoms with Crippen LogP contribution in [0.5, 0.6) is 0 Å². The monoisotopic (exact) mass is 343 g/mol. The van der Waals surface area contributed by atoms with E-state index in [1.165, 1.54) is 10.5 Å². The van der Waals surface area contributed by atoms with E-state index >= 15 is 0 Å². The topological polar surface area (TPSA) is 63.1 Å². The molecule has 2 amide bonds. The third-order valence-electron chi connectivity index (χ3n) is 4.67. The number of aryl methyl sites for hydroxylation is 1. The molecule has 24 heavy (non-hydrogen) atoms. The maximum atomic E-state index is 12.6. The maximum Gasteiger partial charge on any atom is 0.318 e. The number of urea groups is 1. The Hall–Kier alpha value is -2.02. The number of nitrogens with one attached hydrogen (secondary N) is 1. The van der Waals surface area contributed by atoms with E-state index < -0.39 is 0 Å². The molecule has 7 heteroatoms. The normalized spacial score (nSPS) is 18.8. The Morgan fingerprint density at radius 2 is 2.29 bits per heavy atom. The summed E-state index contributed by atoms with van der Waals surface area (Å²) in [5, 5.41) is 11.6. The molecule has 2 aliphatic heterocycles. The van der Waals surface area contributed by atoms with E-state index in [1.807, 2.05) is 30.9 Å². The zero-order valence-electron chi connectivity index (χ0n) is 13.7. The van der Waals surface area contributed by atoms with Gasteiger partial charge in [-0.05, 0) is 24.5 Å². The molecule has 1 N–H and O–H groups in total. The van der Waals surface area contributed by atoms with Crippen molar-refractivity contribution in [2.75, 3.05) is 12.8 Å². The summed E-state index contributed by atoms with van der Waals surface area (Å²) in [6, 6.07) is 8.35. The minimum absolute atomic E-state index is 0.0583. The van der Waals surface area contributed by atoms with Crippen molar-refractivity contribution in [3.8, 4) is 0 Å². The van der Waals surface area contributed by atoms with Crippen LogP contribution in [0.4, 0.5) is 4.79 Å². The van der Waals surface area contributed by atoms with Gasteiger partial charge in [0.25, 0.3) is 0 Å². The number of hydrogen-bond donors (Lipinski definition) is 1. The fourth-order valence-corrected chi connectivity index (χ4v) is 4.49. The van der Waals surface area contributed by atoms with Gasteiger partial charge >= 0.3 is 6.03 Å². The molecular formula is C17H21N5OS. The predicted molar refractivity (Wildman–Crippen MR) is 92.9 cm³/mol. The number of amides is 2. The van der Waals surface area contributed by atoms with Crippen molar-refractivity contribution in [3.05, 3.63) is 41.5 Å². The Morgan fingerprint density at radius 3 is 3.21 bits per heavy atom. The molecule has 2 aromatic rings. The summed E-state index contributed by atoms with van der Waals surface area (Å²) in [4.78, 5) is 15.6. The van der Waals surface area contributed by atoms with Gasteiger partial charge in [0.1, 0.15) is 5.82 Å². The van der Waals surface area contributed by atoms with Gasteiger partial charge in [-0.2, -0.15) is 0 Å². The van der Waals surface area contributed by atoms with Gasteiger partial charge in [-0.3, -0.25) is 0 Å². The zero-order chi connectivity index (χ0) is 16.5. The standard InChI is InChI=1S/C17H21N5OS/c1-21(11-16-20-19-15-7-4-9-22(15)16)17(23)18-13-8-10-24-14-6-3-2-5-12(13)14/h2-3,5-6,13H,4,7-11H2,1H3,(H,18,23)/t13-/m1/s1. The lowest BCUT2D eigenvalue weighted by atomic mass is 10.0. The molecule has 2 aliphatic rings. The molecule has 0 saturated heterocycles. The Bertz CT molecular complexity index is 759. The second kappa shape index (κ2) is 6.47. The van der Waals surface area contributed by atoms with Crippen LogP contribution < -0.4 is 5.32 Å². The van der Waals surface area contributed by atoms with Crippen LogP contribution in [-0.2, 0) is 19.5 Å². The van der Waals surface area contributed by atoms with Crippen LogP contribution in [0.25, 0.3) is 0 Å². The van der Waals surface area contributed by atoms with Gasteiger partial charge in [-0.15, -0.1) is 22.0 Å². The molecule has 4 rings (SSSR count). The van der Waals surface area contributed by atoms with E-state index in [9.17, 15) is 4.79 Å². The molecule has 0 aliphatic carbocycles. The molecule has 0 bridgehead atoms. The van der Waals surface area contributed by atoms with Crippen molar-refractivity contribution in [1.29, 1.82) is 0 Å². The Morgan fingerprint density at radius 1 is 1.42 bits per heavy atom. The first kappa shape index (κ1) is 15.5. The first-order chi connectivity index (χ1) is 11.7. The van der Waals surface area contributed by atoms with Gasteiger partial charge in [0.15, 0.2) is 5.82 Å². The number of carbonyl (C=O) groups is 1. The summed E-state index contributed by atoms with van der Waals surface area (Å²) >= 11 is 1.86. The number of hydrogen-bond acceptors (Lipinski definition) is 4. The number of rotatable bonds is 3. The van der Waals surface area contributed by atoms with E-state index in [2.05, 4.69) is 32.2 Å². The van der Waals surface area contributed by atoms with Crippen LogP contribution >= 0.6 is 11.8 Å². The first-order valence-corrected chi connectivity index (χ1v) is 9.35. The maximum absolute atomic E-state index is 12.6. The van der Waals surface area contributed by atoms with Crippen molar-refractivity contribution >= 4 is 17.8 Å². The predicted octanol–water partition coefficient (Wildman–Crippen LogP) is 2.60. The molecule has 1 aromatic heterocycles. The number of carbonyl (C=O) groups excluding carboxylic acids is 1. The second-order valence-electron chi connectivity index (χ2n) is 6.32. The minimum atomic E-state index is -0.0583. The lowest BCUT2D eigenvalue weighted by Crippen LogP contribution is -2.40. The molecule has 3 heterocycles. The average molecular weight is 343 g/mol. The molecule has 0 unspecified atom stereocenters. The molecule has 126 valence electrons. The highest BCUT2D eigenvalue weighted by Gasteiger charge is 2.24.